The van der Waals surface area contributed by atoms with Gasteiger partial charge in [0, 0.05) is 1.43 Å². The minimum Gasteiger partial charge on any atom is -0.0874 e. The van der Waals surface area contributed by atoms with E-state index in [1.54, 1.807) is 0 Å². The quantitative estimate of drug-likeness (QED) is 0.481. The van der Waals surface area contributed by atoms with E-state index in [9.17, 15) is 0 Å². The lowest BCUT2D eigenvalue weighted by molar-refractivity contribution is 1.20. The lowest BCUT2D eigenvalue weighted by atomic mass is 10.2. The largest absolute Gasteiger partial charge is 0.0874 e. The number of hydrogen-bond acceptors (Lipinski definition) is 0. The van der Waals surface area contributed by atoms with Crippen LogP contribution in [-0.2, 0) is 0 Å². The second-order valence-electron chi connectivity index (χ2n) is 1.86. The first-order valence-electron chi connectivity index (χ1n) is 3.10. The highest BCUT2D eigenvalue weighted by atomic mass is 13.8. The van der Waals surface area contributed by atoms with Crippen molar-refractivity contribution in [2.45, 2.75) is 27.2 Å². The highest BCUT2D eigenvalue weighted by Crippen LogP contribution is 1.95. The molecule has 0 nitrogen and oxygen atoms in total. The molecule has 0 spiro atoms. The molecule has 0 radical (unpaired) electrons. The van der Waals surface area contributed by atoms with E-state index in [4.69, 9.17) is 0 Å². The molecule has 0 atom stereocenters. The zero-order valence-corrected chi connectivity index (χ0v) is 5.94. The summed E-state index contributed by atoms with van der Waals surface area (Å²) in [5.74, 6) is 0. The lowest BCUT2D eigenvalue weighted by Gasteiger charge is -1.85. The van der Waals surface area contributed by atoms with E-state index >= 15 is 0 Å². The van der Waals surface area contributed by atoms with E-state index in [-0.39, 0.29) is 1.43 Å². The van der Waals surface area contributed by atoms with Crippen LogP contribution < -0.4 is 0 Å². The standard InChI is InChI=1S/C8H14.H2/c1-4-6-8(3)7-5-2;/h4,6-7H,5H2,1-3H3;1H/b6-4-,8-7-;. The zero-order valence-electron chi connectivity index (χ0n) is 5.94. The van der Waals surface area contributed by atoms with Crippen LogP contribution in [0.2, 0.25) is 0 Å². The molecule has 48 valence electrons. The second kappa shape index (κ2) is 4.63. The smallest absolute Gasteiger partial charge is 0 e. The third-order valence-electron chi connectivity index (χ3n) is 0.956. The normalized spacial score (nSPS) is 13.1. The molecular formula is C8H16. The molecule has 0 unspecified atom stereocenters. The zero-order chi connectivity index (χ0) is 6.41. The van der Waals surface area contributed by atoms with Gasteiger partial charge in [-0.15, -0.1) is 0 Å². The molecule has 0 saturated carbocycles. The fourth-order valence-corrected chi connectivity index (χ4v) is 0.653. The molecule has 0 saturated heterocycles. The highest BCUT2D eigenvalue weighted by Gasteiger charge is 1.74. The Labute approximate surface area is 53.4 Å². The molecule has 0 bridgehead atoms. The van der Waals surface area contributed by atoms with Gasteiger partial charge in [-0.2, -0.15) is 0 Å². The minimum absolute atomic E-state index is 0. The summed E-state index contributed by atoms with van der Waals surface area (Å²) in [4.78, 5) is 0. The molecule has 0 aromatic carbocycles. The highest BCUT2D eigenvalue weighted by molar-refractivity contribution is 5.14. The Morgan fingerprint density at radius 3 is 2.62 bits per heavy atom. The molecule has 0 heteroatoms. The van der Waals surface area contributed by atoms with Crippen molar-refractivity contribution in [3.05, 3.63) is 23.8 Å². The van der Waals surface area contributed by atoms with Gasteiger partial charge in [-0.1, -0.05) is 30.7 Å². The summed E-state index contributed by atoms with van der Waals surface area (Å²) < 4.78 is 0. The van der Waals surface area contributed by atoms with Crippen molar-refractivity contribution in [3.8, 4) is 0 Å². The van der Waals surface area contributed by atoms with Crippen LogP contribution in [0.4, 0.5) is 0 Å². The molecule has 0 aliphatic heterocycles. The Morgan fingerprint density at radius 2 is 2.25 bits per heavy atom. The van der Waals surface area contributed by atoms with Gasteiger partial charge in [0.1, 0.15) is 0 Å². The van der Waals surface area contributed by atoms with Crippen LogP contribution in [0.3, 0.4) is 0 Å². The molecule has 0 amide bonds. The van der Waals surface area contributed by atoms with Crippen molar-refractivity contribution in [2.24, 2.45) is 0 Å². The van der Waals surface area contributed by atoms with E-state index in [0.717, 1.165) is 6.42 Å². The van der Waals surface area contributed by atoms with Gasteiger partial charge in [0.05, 0.1) is 0 Å². The summed E-state index contributed by atoms with van der Waals surface area (Å²) in [6.45, 7) is 6.30. The molecule has 0 aliphatic rings. The van der Waals surface area contributed by atoms with Crippen molar-refractivity contribution in [3.63, 3.8) is 0 Å². The molecule has 0 fully saturated rings. The Bertz CT molecular complexity index is 101. The van der Waals surface area contributed by atoms with Crippen LogP contribution in [-0.4, -0.2) is 0 Å². The van der Waals surface area contributed by atoms with Gasteiger partial charge in [-0.3, -0.25) is 0 Å². The third-order valence-corrected chi connectivity index (χ3v) is 0.956. The molecular weight excluding hydrogens is 96.1 g/mol. The van der Waals surface area contributed by atoms with Crippen molar-refractivity contribution in [1.82, 2.24) is 0 Å². The van der Waals surface area contributed by atoms with E-state index in [1.165, 1.54) is 5.57 Å². The summed E-state index contributed by atoms with van der Waals surface area (Å²) in [6.07, 6.45) is 7.52. The maximum absolute atomic E-state index is 2.21. The van der Waals surface area contributed by atoms with Crippen LogP contribution in [0.25, 0.3) is 0 Å². The van der Waals surface area contributed by atoms with Crippen LogP contribution in [0.5, 0.6) is 0 Å². The van der Waals surface area contributed by atoms with E-state index in [0.29, 0.717) is 0 Å². The maximum atomic E-state index is 2.21. The number of hydrogen-bond donors (Lipinski definition) is 0. The van der Waals surface area contributed by atoms with Crippen LogP contribution in [0, 0.1) is 0 Å². The Kier molecular flexibility index (Phi) is 4.33. The molecule has 0 aromatic rings. The minimum atomic E-state index is 0. The average molecular weight is 112 g/mol. The van der Waals surface area contributed by atoms with Crippen LogP contribution in [0.15, 0.2) is 23.8 Å². The molecule has 0 aliphatic carbocycles. The van der Waals surface area contributed by atoms with Crippen molar-refractivity contribution >= 4 is 0 Å². The fourth-order valence-electron chi connectivity index (χ4n) is 0.653. The fraction of sp³-hybridized carbons (Fsp3) is 0.500. The first-order valence-corrected chi connectivity index (χ1v) is 3.10. The van der Waals surface area contributed by atoms with Crippen LogP contribution >= 0.6 is 0 Å². The first-order chi connectivity index (χ1) is 3.81. The van der Waals surface area contributed by atoms with Crippen molar-refractivity contribution in [1.29, 1.82) is 0 Å². The summed E-state index contributed by atoms with van der Waals surface area (Å²) in [5, 5.41) is 0. The SMILES string of the molecule is C/C=C\C(C)=C/CC.[HH]. The van der Waals surface area contributed by atoms with E-state index in [1.807, 2.05) is 6.92 Å². The van der Waals surface area contributed by atoms with Gasteiger partial charge in [-0.05, 0) is 20.3 Å². The van der Waals surface area contributed by atoms with Crippen molar-refractivity contribution < 1.29 is 1.43 Å². The molecule has 8 heavy (non-hydrogen) atoms. The molecule has 0 N–H and O–H groups in total. The molecule has 0 heterocycles. The Morgan fingerprint density at radius 1 is 1.62 bits per heavy atom. The predicted molar refractivity (Wildman–Crippen MR) is 41.0 cm³/mol. The molecule has 0 rings (SSSR count). The van der Waals surface area contributed by atoms with Gasteiger partial charge in [0.2, 0.25) is 0 Å². The van der Waals surface area contributed by atoms with Gasteiger partial charge in [0.25, 0.3) is 0 Å². The summed E-state index contributed by atoms with van der Waals surface area (Å²) in [7, 11) is 0. The van der Waals surface area contributed by atoms with Gasteiger partial charge >= 0.3 is 0 Å². The van der Waals surface area contributed by atoms with Gasteiger partial charge < -0.3 is 0 Å². The average Bonchev–Trinajstić information content (AvgIpc) is 1.68. The third kappa shape index (κ3) is 3.66. The topological polar surface area (TPSA) is 0 Å². The summed E-state index contributed by atoms with van der Waals surface area (Å²) >= 11 is 0. The monoisotopic (exact) mass is 112 g/mol. The number of rotatable bonds is 2. The van der Waals surface area contributed by atoms with Gasteiger partial charge in [0.15, 0.2) is 0 Å². The summed E-state index contributed by atoms with van der Waals surface area (Å²) in [5.41, 5.74) is 1.36. The van der Waals surface area contributed by atoms with Gasteiger partial charge in [-0.25, -0.2) is 0 Å². The number of allylic oxidation sites excluding steroid dienone is 4. The first kappa shape index (κ1) is 7.48. The predicted octanol–water partition coefficient (Wildman–Crippen LogP) is 3.16. The molecule has 0 aromatic heterocycles. The Balaban J connectivity index is 0. The summed E-state index contributed by atoms with van der Waals surface area (Å²) in [6, 6.07) is 0. The van der Waals surface area contributed by atoms with E-state index in [2.05, 4.69) is 32.1 Å². The van der Waals surface area contributed by atoms with E-state index < -0.39 is 0 Å². The maximum Gasteiger partial charge on any atom is 0 e. The van der Waals surface area contributed by atoms with Crippen LogP contribution in [0.1, 0.15) is 28.6 Å². The second-order valence-corrected chi connectivity index (χ2v) is 1.86. The lowest BCUT2D eigenvalue weighted by Crippen LogP contribution is -1.64. The Hall–Kier alpha value is -0.520. The van der Waals surface area contributed by atoms with Crippen molar-refractivity contribution in [2.75, 3.05) is 0 Å².